The van der Waals surface area contributed by atoms with E-state index in [0.29, 0.717) is 11.6 Å². The molecule has 0 saturated carbocycles. The number of hydrogen-bond donors (Lipinski definition) is 0. The third kappa shape index (κ3) is 2.61. The summed E-state index contributed by atoms with van der Waals surface area (Å²) in [6.45, 7) is 3.79. The maximum absolute atomic E-state index is 12.2. The van der Waals surface area contributed by atoms with Gasteiger partial charge in [-0.3, -0.25) is 9.59 Å². The lowest BCUT2D eigenvalue weighted by atomic mass is 10.1. The lowest BCUT2D eigenvalue weighted by molar-refractivity contribution is 0.101. The standard InChI is InChI=1S/C15H14ClNO2/c1-3-17-14(11-4-6-12(16)7-5-11)9-8-13(10(2)18)15(17)19/h4-9H,3H2,1-2H3. The molecule has 19 heavy (non-hydrogen) atoms. The van der Waals surface area contributed by atoms with Gasteiger partial charge in [-0.05, 0) is 43.7 Å². The van der Waals surface area contributed by atoms with Crippen LogP contribution >= 0.6 is 11.6 Å². The highest BCUT2D eigenvalue weighted by Crippen LogP contribution is 2.20. The van der Waals surface area contributed by atoms with Gasteiger partial charge in [0.2, 0.25) is 0 Å². The third-order valence-electron chi connectivity index (χ3n) is 3.01. The molecule has 0 aliphatic carbocycles. The van der Waals surface area contributed by atoms with Gasteiger partial charge >= 0.3 is 0 Å². The normalized spacial score (nSPS) is 10.5. The van der Waals surface area contributed by atoms with Crippen LogP contribution in [0.25, 0.3) is 11.3 Å². The summed E-state index contributed by atoms with van der Waals surface area (Å²) in [6, 6.07) is 10.7. The number of hydrogen-bond acceptors (Lipinski definition) is 2. The number of ketones is 1. The lowest BCUT2D eigenvalue weighted by Crippen LogP contribution is -2.26. The van der Waals surface area contributed by atoms with Crippen LogP contribution in [0.3, 0.4) is 0 Å². The SMILES string of the molecule is CCn1c(-c2ccc(Cl)cc2)ccc(C(C)=O)c1=O. The average molecular weight is 276 g/mol. The zero-order valence-corrected chi connectivity index (χ0v) is 11.6. The van der Waals surface area contributed by atoms with Gasteiger partial charge in [0.15, 0.2) is 5.78 Å². The summed E-state index contributed by atoms with van der Waals surface area (Å²) in [7, 11) is 0. The van der Waals surface area contributed by atoms with E-state index in [1.807, 2.05) is 19.1 Å². The Kier molecular flexibility index (Phi) is 3.86. The van der Waals surface area contributed by atoms with Crippen molar-refractivity contribution in [2.75, 3.05) is 0 Å². The summed E-state index contributed by atoms with van der Waals surface area (Å²) >= 11 is 5.86. The van der Waals surface area contributed by atoms with E-state index in [1.54, 1.807) is 28.8 Å². The molecule has 1 aromatic carbocycles. The maximum Gasteiger partial charge on any atom is 0.261 e. The Balaban J connectivity index is 2.65. The van der Waals surface area contributed by atoms with E-state index in [2.05, 4.69) is 0 Å². The van der Waals surface area contributed by atoms with Crippen LogP contribution < -0.4 is 5.56 Å². The second-order valence-electron chi connectivity index (χ2n) is 4.24. The highest BCUT2D eigenvalue weighted by Gasteiger charge is 2.11. The second kappa shape index (κ2) is 5.41. The molecule has 0 N–H and O–H groups in total. The van der Waals surface area contributed by atoms with Gasteiger partial charge in [0.25, 0.3) is 5.56 Å². The smallest absolute Gasteiger partial charge is 0.261 e. The third-order valence-corrected chi connectivity index (χ3v) is 3.26. The Morgan fingerprint density at radius 3 is 2.32 bits per heavy atom. The summed E-state index contributed by atoms with van der Waals surface area (Å²) in [5.74, 6) is -0.213. The average Bonchev–Trinajstić information content (AvgIpc) is 2.38. The molecular formula is C15H14ClNO2. The first-order valence-electron chi connectivity index (χ1n) is 6.05. The Hall–Kier alpha value is -1.87. The second-order valence-corrected chi connectivity index (χ2v) is 4.68. The summed E-state index contributed by atoms with van der Waals surface area (Å²) in [6.07, 6.45) is 0. The Bertz CT molecular complexity index is 672. The van der Waals surface area contributed by atoms with Gasteiger partial charge in [-0.15, -0.1) is 0 Å². The molecule has 0 saturated heterocycles. The highest BCUT2D eigenvalue weighted by molar-refractivity contribution is 6.30. The van der Waals surface area contributed by atoms with Gasteiger partial charge in [-0.2, -0.15) is 0 Å². The number of carbonyl (C=O) groups excluding carboxylic acids is 1. The molecule has 98 valence electrons. The monoisotopic (exact) mass is 275 g/mol. The van der Waals surface area contributed by atoms with Crippen LogP contribution in [-0.4, -0.2) is 10.4 Å². The fraction of sp³-hybridized carbons (Fsp3) is 0.200. The molecule has 0 aliphatic rings. The van der Waals surface area contributed by atoms with E-state index in [9.17, 15) is 9.59 Å². The lowest BCUT2D eigenvalue weighted by Gasteiger charge is -2.12. The fourth-order valence-corrected chi connectivity index (χ4v) is 2.16. The zero-order valence-electron chi connectivity index (χ0n) is 10.8. The minimum Gasteiger partial charge on any atom is -0.308 e. The van der Waals surface area contributed by atoms with Crippen molar-refractivity contribution in [2.24, 2.45) is 0 Å². The number of nitrogens with zero attached hydrogens (tertiary/aromatic N) is 1. The minimum atomic E-state index is -0.248. The van der Waals surface area contributed by atoms with Crippen LogP contribution in [0.15, 0.2) is 41.2 Å². The summed E-state index contributed by atoms with van der Waals surface area (Å²) < 4.78 is 1.60. The molecule has 0 unspecified atom stereocenters. The van der Waals surface area contributed by atoms with E-state index in [1.165, 1.54) is 6.92 Å². The van der Waals surface area contributed by atoms with Crippen molar-refractivity contribution in [3.63, 3.8) is 0 Å². The molecule has 1 aromatic heterocycles. The van der Waals surface area contributed by atoms with Gasteiger partial charge in [0.1, 0.15) is 0 Å². The van der Waals surface area contributed by atoms with Crippen molar-refractivity contribution < 1.29 is 4.79 Å². The summed E-state index contributed by atoms with van der Waals surface area (Å²) in [4.78, 5) is 23.6. The molecule has 1 heterocycles. The van der Waals surface area contributed by atoms with E-state index in [-0.39, 0.29) is 16.9 Å². The number of benzene rings is 1. The van der Waals surface area contributed by atoms with Crippen molar-refractivity contribution in [3.05, 3.63) is 57.3 Å². The molecule has 0 amide bonds. The van der Waals surface area contributed by atoms with Crippen molar-refractivity contribution in [1.29, 1.82) is 0 Å². The molecule has 4 heteroatoms. The molecule has 0 bridgehead atoms. The fourth-order valence-electron chi connectivity index (χ4n) is 2.03. The van der Waals surface area contributed by atoms with Crippen LogP contribution in [0.5, 0.6) is 0 Å². The van der Waals surface area contributed by atoms with Crippen LogP contribution in [0.1, 0.15) is 24.2 Å². The van der Waals surface area contributed by atoms with Crippen LogP contribution in [0.4, 0.5) is 0 Å². The van der Waals surface area contributed by atoms with Crippen molar-refractivity contribution in [1.82, 2.24) is 4.57 Å². The molecule has 0 fully saturated rings. The minimum absolute atomic E-state index is 0.213. The number of Topliss-reactive ketones (excluding diaryl/α,β-unsaturated/α-hetero) is 1. The van der Waals surface area contributed by atoms with E-state index >= 15 is 0 Å². The number of aromatic nitrogens is 1. The Labute approximate surface area is 116 Å². The first kappa shape index (κ1) is 13.6. The molecule has 3 nitrogen and oxygen atoms in total. The van der Waals surface area contributed by atoms with Gasteiger partial charge < -0.3 is 4.57 Å². The molecule has 0 spiro atoms. The van der Waals surface area contributed by atoms with Crippen molar-refractivity contribution in [2.45, 2.75) is 20.4 Å². The number of carbonyl (C=O) groups is 1. The number of halogens is 1. The van der Waals surface area contributed by atoms with Crippen LogP contribution in [0, 0.1) is 0 Å². The zero-order chi connectivity index (χ0) is 14.0. The van der Waals surface area contributed by atoms with Gasteiger partial charge in [0.05, 0.1) is 11.3 Å². The predicted molar refractivity (Wildman–Crippen MR) is 76.8 cm³/mol. The number of rotatable bonds is 3. The molecule has 2 aromatic rings. The predicted octanol–water partition coefficient (Wildman–Crippen LogP) is 3.39. The quantitative estimate of drug-likeness (QED) is 0.806. The van der Waals surface area contributed by atoms with Gasteiger partial charge in [0, 0.05) is 11.6 Å². The largest absolute Gasteiger partial charge is 0.308 e. The first-order valence-corrected chi connectivity index (χ1v) is 6.43. The van der Waals surface area contributed by atoms with Gasteiger partial charge in [-0.1, -0.05) is 23.7 Å². The summed E-state index contributed by atoms with van der Waals surface area (Å²) in [5, 5.41) is 0.648. The molecule has 0 radical (unpaired) electrons. The topological polar surface area (TPSA) is 39.1 Å². The number of pyridine rings is 1. The van der Waals surface area contributed by atoms with Gasteiger partial charge in [-0.25, -0.2) is 0 Å². The van der Waals surface area contributed by atoms with E-state index in [0.717, 1.165) is 11.3 Å². The molecule has 2 rings (SSSR count). The van der Waals surface area contributed by atoms with E-state index < -0.39 is 0 Å². The van der Waals surface area contributed by atoms with Crippen molar-refractivity contribution >= 4 is 17.4 Å². The molecular weight excluding hydrogens is 262 g/mol. The Morgan fingerprint density at radius 2 is 1.79 bits per heavy atom. The maximum atomic E-state index is 12.2. The molecule has 0 aliphatic heterocycles. The highest BCUT2D eigenvalue weighted by atomic mass is 35.5. The van der Waals surface area contributed by atoms with Crippen LogP contribution in [0.2, 0.25) is 5.02 Å². The Morgan fingerprint density at radius 1 is 1.16 bits per heavy atom. The van der Waals surface area contributed by atoms with Crippen molar-refractivity contribution in [3.8, 4) is 11.3 Å². The first-order chi connectivity index (χ1) is 9.04. The van der Waals surface area contributed by atoms with Crippen LogP contribution in [-0.2, 0) is 6.54 Å². The summed E-state index contributed by atoms with van der Waals surface area (Å²) in [5.41, 5.74) is 1.66. The van der Waals surface area contributed by atoms with E-state index in [4.69, 9.17) is 11.6 Å². The molecule has 0 atom stereocenters.